The number of carbonyl (C=O) groups excluding carboxylic acids is 2. The van der Waals surface area contributed by atoms with Crippen LogP contribution in [0.4, 0.5) is 25.2 Å². The maximum atomic E-state index is 14.9. The van der Waals surface area contributed by atoms with Crippen molar-refractivity contribution in [3.05, 3.63) is 59.8 Å². The van der Waals surface area contributed by atoms with Crippen LogP contribution in [0.3, 0.4) is 0 Å². The van der Waals surface area contributed by atoms with Gasteiger partial charge in [-0.15, -0.1) is 0 Å². The normalized spacial score (nSPS) is 14.9. The highest BCUT2D eigenvalue weighted by Gasteiger charge is 2.26. The summed E-state index contributed by atoms with van der Waals surface area (Å²) >= 11 is 0. The number of alkyl carbamates (subject to hydrolysis) is 1. The fraction of sp³-hybridized carbons (Fsp3) is 0.438. The van der Waals surface area contributed by atoms with Crippen molar-refractivity contribution in [1.82, 2.24) is 15.3 Å². The van der Waals surface area contributed by atoms with Gasteiger partial charge in [0.25, 0.3) is 5.91 Å². The third-order valence-corrected chi connectivity index (χ3v) is 8.32. The second-order valence-corrected chi connectivity index (χ2v) is 13.7. The Balaban J connectivity index is 1.62. The molecule has 3 aromatic rings. The number of amides is 2. The van der Waals surface area contributed by atoms with E-state index in [1.807, 2.05) is 6.92 Å². The zero-order valence-electron chi connectivity index (χ0n) is 26.3. The number of aromatic nitrogens is 2. The second kappa shape index (κ2) is 15.8. The van der Waals surface area contributed by atoms with Crippen LogP contribution >= 0.6 is 0 Å². The molecule has 0 saturated heterocycles. The molecule has 4 bridgehead atoms. The SMILES string of the molecule is CCCCOC(=O)N[C@H](C(=O)N=[S@@](C)(=O)Cc1cc2cc(c1)OCCCCOc1cc(F)ccc1-c1nc(ncc1F)N2)C(C)C. The largest absolute Gasteiger partial charge is 0.494 e. The third kappa shape index (κ3) is 9.83. The summed E-state index contributed by atoms with van der Waals surface area (Å²) in [5.74, 6) is -1.77. The van der Waals surface area contributed by atoms with Crippen molar-refractivity contribution in [1.29, 1.82) is 0 Å². The molecule has 11 nitrogen and oxygen atoms in total. The molecule has 2 heterocycles. The van der Waals surface area contributed by atoms with Crippen molar-refractivity contribution in [2.75, 3.05) is 31.4 Å². The number of halogens is 2. The maximum absolute atomic E-state index is 14.9. The van der Waals surface area contributed by atoms with Crippen LogP contribution in [0.1, 0.15) is 52.0 Å². The number of nitrogens with zero attached hydrogens (tertiary/aromatic N) is 3. The molecule has 2 N–H and O–H groups in total. The molecule has 0 aliphatic carbocycles. The third-order valence-electron chi connectivity index (χ3n) is 6.88. The van der Waals surface area contributed by atoms with Gasteiger partial charge in [-0.3, -0.25) is 4.79 Å². The summed E-state index contributed by atoms with van der Waals surface area (Å²) in [6.07, 6.45) is 4.34. The molecule has 14 heteroatoms. The Morgan fingerprint density at radius 2 is 1.89 bits per heavy atom. The first-order valence-corrected chi connectivity index (χ1v) is 17.2. The number of ether oxygens (including phenoxy) is 3. The average Bonchev–Trinajstić information content (AvgIpc) is 2.98. The first-order chi connectivity index (χ1) is 21.9. The highest BCUT2D eigenvalue weighted by atomic mass is 32.2. The molecule has 2 atom stereocenters. The van der Waals surface area contributed by atoms with E-state index in [2.05, 4.69) is 25.0 Å². The molecule has 1 aromatic heterocycles. The molecular formula is C32H39F2N5O6S. The van der Waals surface area contributed by atoms with Crippen LogP contribution in [0.25, 0.3) is 11.3 Å². The summed E-state index contributed by atoms with van der Waals surface area (Å²) in [5.41, 5.74) is 1.18. The molecule has 248 valence electrons. The summed E-state index contributed by atoms with van der Waals surface area (Å²) in [6, 6.07) is 7.84. The molecule has 0 unspecified atom stereocenters. The molecule has 4 rings (SSSR count). The number of rotatable bonds is 8. The Morgan fingerprint density at radius 1 is 1.13 bits per heavy atom. The van der Waals surface area contributed by atoms with E-state index < -0.39 is 39.4 Å². The maximum Gasteiger partial charge on any atom is 0.407 e. The second-order valence-electron chi connectivity index (χ2n) is 11.3. The molecule has 1 aliphatic heterocycles. The highest BCUT2D eigenvalue weighted by Crippen LogP contribution is 2.33. The van der Waals surface area contributed by atoms with Gasteiger partial charge < -0.3 is 24.8 Å². The van der Waals surface area contributed by atoms with E-state index in [-0.39, 0.29) is 47.8 Å². The van der Waals surface area contributed by atoms with Gasteiger partial charge in [0.2, 0.25) is 5.95 Å². The van der Waals surface area contributed by atoms with Gasteiger partial charge in [-0.25, -0.2) is 27.8 Å². The van der Waals surface area contributed by atoms with E-state index in [1.165, 1.54) is 24.5 Å². The lowest BCUT2D eigenvalue weighted by atomic mass is 10.0. The Morgan fingerprint density at radius 3 is 2.63 bits per heavy atom. The number of carbonyl (C=O) groups is 2. The fourth-order valence-electron chi connectivity index (χ4n) is 4.61. The predicted octanol–water partition coefficient (Wildman–Crippen LogP) is 6.39. The smallest absolute Gasteiger partial charge is 0.407 e. The van der Waals surface area contributed by atoms with Gasteiger partial charge in [-0.05, 0) is 55.0 Å². The average molecular weight is 660 g/mol. The monoisotopic (exact) mass is 659 g/mol. The molecule has 1 aliphatic rings. The minimum atomic E-state index is -3.13. The number of hydrogen-bond acceptors (Lipinski definition) is 9. The van der Waals surface area contributed by atoms with Crippen molar-refractivity contribution >= 4 is 33.4 Å². The zero-order chi connectivity index (χ0) is 33.3. The first-order valence-electron chi connectivity index (χ1n) is 15.1. The highest BCUT2D eigenvalue weighted by molar-refractivity contribution is 7.92. The quantitative estimate of drug-likeness (QED) is 0.263. The van der Waals surface area contributed by atoms with E-state index >= 15 is 0 Å². The van der Waals surface area contributed by atoms with Crippen LogP contribution < -0.4 is 20.1 Å². The predicted molar refractivity (Wildman–Crippen MR) is 171 cm³/mol. The summed E-state index contributed by atoms with van der Waals surface area (Å²) < 4.78 is 63.5. The summed E-state index contributed by atoms with van der Waals surface area (Å²) in [7, 11) is -3.13. The van der Waals surface area contributed by atoms with Crippen LogP contribution in [0.5, 0.6) is 11.5 Å². The molecule has 0 fully saturated rings. The number of nitrogens with one attached hydrogen (secondary N) is 2. The van der Waals surface area contributed by atoms with E-state index in [4.69, 9.17) is 14.2 Å². The molecule has 2 amide bonds. The van der Waals surface area contributed by atoms with Gasteiger partial charge >= 0.3 is 6.09 Å². The Kier molecular flexibility index (Phi) is 11.9. The minimum absolute atomic E-state index is 0.0402. The van der Waals surface area contributed by atoms with Gasteiger partial charge in [0, 0.05) is 29.6 Å². The zero-order valence-corrected chi connectivity index (χ0v) is 27.1. The molecule has 0 saturated carbocycles. The van der Waals surface area contributed by atoms with Crippen LogP contribution in [0, 0.1) is 17.6 Å². The van der Waals surface area contributed by atoms with Gasteiger partial charge in [0.1, 0.15) is 29.1 Å². The lowest BCUT2D eigenvalue weighted by Crippen LogP contribution is -2.44. The van der Waals surface area contributed by atoms with E-state index in [9.17, 15) is 22.6 Å². The van der Waals surface area contributed by atoms with E-state index in [1.54, 1.807) is 32.0 Å². The molecule has 0 spiro atoms. The number of fused-ring (bicyclic) bond motifs is 6. The molecule has 0 radical (unpaired) electrons. The van der Waals surface area contributed by atoms with Crippen molar-refractivity contribution in [2.24, 2.45) is 10.3 Å². The van der Waals surface area contributed by atoms with Crippen molar-refractivity contribution in [3.63, 3.8) is 0 Å². The van der Waals surface area contributed by atoms with E-state index in [0.717, 1.165) is 12.6 Å². The fourth-order valence-corrected chi connectivity index (χ4v) is 5.96. The Hall–Kier alpha value is -4.33. The van der Waals surface area contributed by atoms with Gasteiger partial charge in [-0.1, -0.05) is 27.2 Å². The Bertz CT molecular complexity index is 1680. The molecular weight excluding hydrogens is 620 g/mol. The number of anilines is 2. The molecule has 2 aromatic carbocycles. The van der Waals surface area contributed by atoms with E-state index in [0.29, 0.717) is 42.9 Å². The topological polar surface area (TPSA) is 141 Å². The number of benzene rings is 2. The molecule has 46 heavy (non-hydrogen) atoms. The standard InChI is InChI=1S/C32H39F2N5O6S/c1-5-6-11-45-32(41)38-28(20(2)3)30(40)39-46(4,42)19-21-14-23-17-24(15-21)43-12-7-8-13-44-27-16-22(33)9-10-25(27)29-26(34)18-35-31(36-23)37-29/h9-10,14-18,20,28H,5-8,11-13,19H2,1-4H3,(H,38,41)(H,35,36,37)/t28-,46-/m0/s1. The number of hydrogen-bond donors (Lipinski definition) is 2. The first kappa shape index (κ1) is 34.5. The van der Waals surface area contributed by atoms with Crippen LogP contribution in [0.15, 0.2) is 47.0 Å². The lowest BCUT2D eigenvalue weighted by molar-refractivity contribution is -0.120. The van der Waals surface area contributed by atoms with Crippen molar-refractivity contribution < 1.29 is 36.8 Å². The van der Waals surface area contributed by atoms with Gasteiger partial charge in [-0.2, -0.15) is 4.36 Å². The van der Waals surface area contributed by atoms with Gasteiger partial charge in [0.15, 0.2) is 5.82 Å². The Labute approximate surface area is 267 Å². The number of unbranched alkanes of at least 4 members (excludes halogenated alkanes) is 1. The minimum Gasteiger partial charge on any atom is -0.494 e. The van der Waals surface area contributed by atoms with Crippen molar-refractivity contribution in [2.45, 2.75) is 58.2 Å². The summed E-state index contributed by atoms with van der Waals surface area (Å²) in [6.45, 7) is 6.23. The van der Waals surface area contributed by atoms with Crippen LogP contribution in [0.2, 0.25) is 0 Å². The lowest BCUT2D eigenvalue weighted by Gasteiger charge is -2.19. The van der Waals surface area contributed by atoms with Gasteiger partial charge in [0.05, 0.1) is 41.5 Å². The summed E-state index contributed by atoms with van der Waals surface area (Å²) in [5, 5.41) is 5.57. The van der Waals surface area contributed by atoms with Crippen molar-refractivity contribution in [3.8, 4) is 22.8 Å². The van der Waals surface area contributed by atoms with Crippen LogP contribution in [-0.4, -0.2) is 58.3 Å². The van der Waals surface area contributed by atoms with Crippen LogP contribution in [-0.2, 0) is 25.0 Å². The summed E-state index contributed by atoms with van der Waals surface area (Å²) in [4.78, 5) is 33.7.